The molecule has 1 aliphatic rings. The fourth-order valence-corrected chi connectivity index (χ4v) is 2.53. The molecule has 1 rings (SSSR count). The van der Waals surface area contributed by atoms with E-state index in [1.54, 1.807) is 0 Å². The Hall–Kier alpha value is 0.0200. The van der Waals surface area contributed by atoms with E-state index >= 15 is 0 Å². The highest BCUT2D eigenvalue weighted by Gasteiger charge is 2.13. The van der Waals surface area contributed by atoms with Crippen LogP contribution in [-0.4, -0.2) is 16.8 Å². The lowest BCUT2D eigenvalue weighted by atomic mass is 10.1. The molecule has 1 aliphatic heterocycles. The number of unbranched alkanes of at least 4 members (excludes halogenated alkanes) is 3. The summed E-state index contributed by atoms with van der Waals surface area (Å²) in [6, 6.07) is 0. The second-order valence-electron chi connectivity index (χ2n) is 3.48. The van der Waals surface area contributed by atoms with Gasteiger partial charge in [0.05, 0.1) is 5.37 Å². The third kappa shape index (κ3) is 3.61. The van der Waals surface area contributed by atoms with Gasteiger partial charge in [-0.25, -0.2) is 0 Å². The van der Waals surface area contributed by atoms with E-state index in [2.05, 4.69) is 18.8 Å². The second-order valence-corrected chi connectivity index (χ2v) is 4.65. The van der Waals surface area contributed by atoms with Gasteiger partial charge in [0.1, 0.15) is 0 Å². The molecule has 0 saturated carbocycles. The molecular formula is C10H19NS. The van der Waals surface area contributed by atoms with Crippen LogP contribution in [0.5, 0.6) is 0 Å². The topological polar surface area (TPSA) is 12.4 Å². The van der Waals surface area contributed by atoms with Crippen LogP contribution in [0.25, 0.3) is 0 Å². The Morgan fingerprint density at radius 3 is 2.83 bits per heavy atom. The van der Waals surface area contributed by atoms with Crippen molar-refractivity contribution >= 4 is 17.5 Å². The van der Waals surface area contributed by atoms with Crippen LogP contribution >= 0.6 is 11.8 Å². The predicted octanol–water partition coefficient (Wildman–Crippen LogP) is 3.49. The number of aliphatic imine (C=N–C) groups is 1. The van der Waals surface area contributed by atoms with Crippen molar-refractivity contribution in [3.05, 3.63) is 0 Å². The summed E-state index contributed by atoms with van der Waals surface area (Å²) in [5.41, 5.74) is 1.33. The average Bonchev–Trinajstić information content (AvgIpc) is 2.45. The zero-order valence-corrected chi connectivity index (χ0v) is 8.99. The van der Waals surface area contributed by atoms with Crippen molar-refractivity contribution in [1.29, 1.82) is 0 Å². The zero-order chi connectivity index (χ0) is 8.81. The maximum absolute atomic E-state index is 4.57. The SMILES string of the molecule is CCCCCCC1N=C(C)CS1. The van der Waals surface area contributed by atoms with E-state index in [1.165, 1.54) is 43.6 Å². The Bertz CT molecular complexity index is 154. The Labute approximate surface area is 80.0 Å². The molecular weight excluding hydrogens is 166 g/mol. The van der Waals surface area contributed by atoms with E-state index in [1.807, 2.05) is 11.8 Å². The second kappa shape index (κ2) is 5.63. The van der Waals surface area contributed by atoms with Crippen molar-refractivity contribution < 1.29 is 0 Å². The average molecular weight is 185 g/mol. The van der Waals surface area contributed by atoms with Gasteiger partial charge >= 0.3 is 0 Å². The number of hydrogen-bond acceptors (Lipinski definition) is 2. The first-order chi connectivity index (χ1) is 5.83. The van der Waals surface area contributed by atoms with Crippen LogP contribution in [0.15, 0.2) is 4.99 Å². The molecule has 0 amide bonds. The Morgan fingerprint density at radius 2 is 2.25 bits per heavy atom. The molecule has 2 heteroatoms. The number of rotatable bonds is 5. The van der Waals surface area contributed by atoms with Gasteiger partial charge in [0.25, 0.3) is 0 Å². The zero-order valence-electron chi connectivity index (χ0n) is 8.18. The van der Waals surface area contributed by atoms with Gasteiger partial charge in [-0.2, -0.15) is 0 Å². The van der Waals surface area contributed by atoms with E-state index in [0.29, 0.717) is 5.37 Å². The maximum Gasteiger partial charge on any atom is 0.0954 e. The molecule has 1 atom stereocenters. The molecule has 12 heavy (non-hydrogen) atoms. The molecule has 0 aliphatic carbocycles. The molecule has 1 unspecified atom stereocenters. The standard InChI is InChI=1S/C10H19NS/c1-3-4-5-6-7-10-11-9(2)8-12-10/h10H,3-8H2,1-2H3. The van der Waals surface area contributed by atoms with Gasteiger partial charge in [0.2, 0.25) is 0 Å². The van der Waals surface area contributed by atoms with E-state index in [-0.39, 0.29) is 0 Å². The van der Waals surface area contributed by atoms with Crippen molar-refractivity contribution in [1.82, 2.24) is 0 Å². The lowest BCUT2D eigenvalue weighted by molar-refractivity contribution is 0.626. The summed E-state index contributed by atoms with van der Waals surface area (Å²) in [5.74, 6) is 1.17. The van der Waals surface area contributed by atoms with Crippen LogP contribution in [0, 0.1) is 0 Å². The van der Waals surface area contributed by atoms with Gasteiger partial charge in [0, 0.05) is 11.5 Å². The van der Waals surface area contributed by atoms with Crippen LogP contribution in [-0.2, 0) is 0 Å². The Morgan fingerprint density at radius 1 is 1.42 bits per heavy atom. The van der Waals surface area contributed by atoms with Crippen molar-refractivity contribution in [2.45, 2.75) is 51.3 Å². The maximum atomic E-state index is 4.57. The first-order valence-corrected chi connectivity index (χ1v) is 6.02. The van der Waals surface area contributed by atoms with Crippen molar-refractivity contribution in [3.63, 3.8) is 0 Å². The van der Waals surface area contributed by atoms with Gasteiger partial charge in [-0.1, -0.05) is 32.6 Å². The predicted molar refractivity (Wildman–Crippen MR) is 58.1 cm³/mol. The van der Waals surface area contributed by atoms with Crippen LogP contribution in [0.2, 0.25) is 0 Å². The molecule has 0 radical (unpaired) electrons. The molecule has 0 aromatic heterocycles. The normalized spacial score (nSPS) is 22.8. The molecule has 0 aromatic rings. The fraction of sp³-hybridized carbons (Fsp3) is 0.900. The lowest BCUT2D eigenvalue weighted by Gasteiger charge is -2.04. The summed E-state index contributed by atoms with van der Waals surface area (Å²) < 4.78 is 0. The third-order valence-corrected chi connectivity index (χ3v) is 3.46. The van der Waals surface area contributed by atoms with Gasteiger partial charge in [-0.05, 0) is 13.3 Å². The van der Waals surface area contributed by atoms with Gasteiger partial charge in [-0.15, -0.1) is 11.8 Å². The smallest absolute Gasteiger partial charge is 0.0954 e. The van der Waals surface area contributed by atoms with Crippen LogP contribution in [0.3, 0.4) is 0 Å². The minimum absolute atomic E-state index is 0.599. The number of nitrogens with zero attached hydrogens (tertiary/aromatic N) is 1. The summed E-state index contributed by atoms with van der Waals surface area (Å²) in [6.07, 6.45) is 6.77. The van der Waals surface area contributed by atoms with Crippen LogP contribution < -0.4 is 0 Å². The monoisotopic (exact) mass is 185 g/mol. The molecule has 70 valence electrons. The summed E-state index contributed by atoms with van der Waals surface area (Å²) in [6.45, 7) is 4.39. The van der Waals surface area contributed by atoms with Gasteiger partial charge in [-0.3, -0.25) is 4.99 Å². The molecule has 0 N–H and O–H groups in total. The molecule has 1 nitrogen and oxygen atoms in total. The van der Waals surface area contributed by atoms with E-state index < -0.39 is 0 Å². The molecule has 0 spiro atoms. The fourth-order valence-electron chi connectivity index (χ4n) is 1.43. The summed E-state index contributed by atoms with van der Waals surface area (Å²) in [7, 11) is 0. The highest BCUT2D eigenvalue weighted by molar-refractivity contribution is 8.00. The van der Waals surface area contributed by atoms with Crippen molar-refractivity contribution in [2.75, 3.05) is 5.75 Å². The van der Waals surface area contributed by atoms with Gasteiger partial charge < -0.3 is 0 Å². The van der Waals surface area contributed by atoms with Crippen molar-refractivity contribution in [2.24, 2.45) is 4.99 Å². The number of thioether (sulfide) groups is 1. The number of hydrogen-bond donors (Lipinski definition) is 0. The first-order valence-electron chi connectivity index (χ1n) is 4.98. The van der Waals surface area contributed by atoms with E-state index in [0.717, 1.165) is 0 Å². The minimum atomic E-state index is 0.599. The molecule has 0 saturated heterocycles. The van der Waals surface area contributed by atoms with E-state index in [4.69, 9.17) is 0 Å². The highest BCUT2D eigenvalue weighted by Crippen LogP contribution is 2.24. The summed E-state index contributed by atoms with van der Waals surface area (Å²) in [4.78, 5) is 4.57. The molecule has 0 fully saturated rings. The van der Waals surface area contributed by atoms with E-state index in [9.17, 15) is 0 Å². The largest absolute Gasteiger partial charge is 0.279 e. The summed E-state index contributed by atoms with van der Waals surface area (Å²) >= 11 is 2.00. The Kier molecular flexibility index (Phi) is 4.74. The highest BCUT2D eigenvalue weighted by atomic mass is 32.2. The van der Waals surface area contributed by atoms with Crippen molar-refractivity contribution in [3.8, 4) is 0 Å². The molecule has 0 aromatic carbocycles. The van der Waals surface area contributed by atoms with Crippen LogP contribution in [0.4, 0.5) is 0 Å². The molecule has 1 heterocycles. The summed E-state index contributed by atoms with van der Waals surface area (Å²) in [5, 5.41) is 0.599. The van der Waals surface area contributed by atoms with Gasteiger partial charge in [0.15, 0.2) is 0 Å². The molecule has 0 bridgehead atoms. The third-order valence-electron chi connectivity index (χ3n) is 2.15. The quantitative estimate of drug-likeness (QED) is 0.597. The first kappa shape index (κ1) is 10.1. The lowest BCUT2D eigenvalue weighted by Crippen LogP contribution is -1.93. The minimum Gasteiger partial charge on any atom is -0.279 e. The van der Waals surface area contributed by atoms with Crippen LogP contribution in [0.1, 0.15) is 46.0 Å². The Balaban J connectivity index is 2.01.